The molecular weight excluding hydrogens is 519 g/mol. The van der Waals surface area contributed by atoms with Crippen LogP contribution in [0.4, 0.5) is 5.69 Å². The molecule has 2 aromatic carbocycles. The van der Waals surface area contributed by atoms with Gasteiger partial charge in [0.1, 0.15) is 11.5 Å². The number of hydrogen-bond donors (Lipinski definition) is 2. The summed E-state index contributed by atoms with van der Waals surface area (Å²) >= 11 is 17.4. The number of carbonyl (C=O) groups is 1. The number of halogens is 2. The number of thiocarbonyl (C=S) groups is 1. The van der Waals surface area contributed by atoms with E-state index in [9.17, 15) is 4.79 Å². The molecule has 0 aliphatic rings. The molecule has 7 nitrogen and oxygen atoms in total. The Labute approximate surface area is 220 Å². The largest absolute Gasteiger partial charge is 0.457 e. The number of furan rings is 1. The van der Waals surface area contributed by atoms with E-state index in [1.165, 1.54) is 12.2 Å². The van der Waals surface area contributed by atoms with Crippen molar-refractivity contribution in [2.75, 3.05) is 5.32 Å². The molecule has 0 saturated carbocycles. The van der Waals surface area contributed by atoms with Gasteiger partial charge in [0.25, 0.3) is 0 Å². The fraction of sp³-hybridized carbons (Fsp3) is 0. The van der Waals surface area contributed by atoms with E-state index in [0.717, 1.165) is 5.56 Å². The number of aromatic nitrogens is 2. The summed E-state index contributed by atoms with van der Waals surface area (Å²) in [5, 5.41) is 6.72. The van der Waals surface area contributed by atoms with E-state index >= 15 is 0 Å². The summed E-state index contributed by atoms with van der Waals surface area (Å²) in [4.78, 5) is 20.8. The Kier molecular flexibility index (Phi) is 6.81. The number of carbonyl (C=O) groups excluding carboxylic acids is 1. The lowest BCUT2D eigenvalue weighted by Gasteiger charge is -2.08. The standard InChI is InChI=1S/C26H16Cl2N4O3S/c27-16-5-10-19(20(28)14-16)21-11-8-18(34-21)9-12-23(33)31-26(36)30-17-6-3-15(4-7-17)25-32-24-22(35-25)2-1-13-29-24/h1-14H,(H2,30,31,33,36)/b12-9+. The zero-order valence-corrected chi connectivity index (χ0v) is 20.7. The molecule has 1 amide bonds. The van der Waals surface area contributed by atoms with Crippen LogP contribution in [-0.4, -0.2) is 21.0 Å². The summed E-state index contributed by atoms with van der Waals surface area (Å²) in [6.45, 7) is 0. The average Bonchev–Trinajstić information content (AvgIpc) is 3.50. The Balaban J connectivity index is 1.17. The molecule has 10 heteroatoms. The lowest BCUT2D eigenvalue weighted by atomic mass is 10.2. The number of anilines is 1. The zero-order valence-electron chi connectivity index (χ0n) is 18.4. The van der Waals surface area contributed by atoms with Crippen LogP contribution in [0.3, 0.4) is 0 Å². The van der Waals surface area contributed by atoms with E-state index in [2.05, 4.69) is 20.6 Å². The maximum Gasteiger partial charge on any atom is 0.250 e. The van der Waals surface area contributed by atoms with Crippen molar-refractivity contribution < 1.29 is 13.6 Å². The first kappa shape index (κ1) is 23.7. The van der Waals surface area contributed by atoms with Gasteiger partial charge in [-0.25, -0.2) is 4.98 Å². The highest BCUT2D eigenvalue weighted by Gasteiger charge is 2.10. The summed E-state index contributed by atoms with van der Waals surface area (Å²) in [7, 11) is 0. The minimum Gasteiger partial charge on any atom is -0.457 e. The van der Waals surface area contributed by atoms with Gasteiger partial charge < -0.3 is 14.2 Å². The predicted octanol–water partition coefficient (Wildman–Crippen LogP) is 6.98. The van der Waals surface area contributed by atoms with Gasteiger partial charge in [0.05, 0.1) is 5.02 Å². The number of nitrogens with zero attached hydrogens (tertiary/aromatic N) is 2. The van der Waals surface area contributed by atoms with Gasteiger partial charge in [0.15, 0.2) is 16.3 Å². The fourth-order valence-corrected chi connectivity index (χ4v) is 4.06. The molecule has 5 rings (SSSR count). The highest BCUT2D eigenvalue weighted by atomic mass is 35.5. The zero-order chi connectivity index (χ0) is 25.1. The second-order valence-corrected chi connectivity index (χ2v) is 8.78. The molecule has 0 unspecified atom stereocenters. The van der Waals surface area contributed by atoms with Gasteiger partial charge in [-0.05, 0) is 85.0 Å². The van der Waals surface area contributed by atoms with Gasteiger partial charge in [0, 0.05) is 34.1 Å². The van der Waals surface area contributed by atoms with E-state index in [1.54, 1.807) is 54.7 Å². The molecule has 0 spiro atoms. The normalized spacial score (nSPS) is 11.2. The molecule has 0 radical (unpaired) electrons. The third-order valence-corrected chi connectivity index (χ3v) is 5.77. The topological polar surface area (TPSA) is 93.2 Å². The first-order valence-corrected chi connectivity index (χ1v) is 11.8. The average molecular weight is 535 g/mol. The Morgan fingerprint density at radius 3 is 2.61 bits per heavy atom. The maximum absolute atomic E-state index is 12.3. The maximum atomic E-state index is 12.3. The minimum absolute atomic E-state index is 0.150. The summed E-state index contributed by atoms with van der Waals surface area (Å²) in [6.07, 6.45) is 4.52. The Bertz CT molecular complexity index is 1580. The van der Waals surface area contributed by atoms with Crippen molar-refractivity contribution in [1.82, 2.24) is 15.3 Å². The summed E-state index contributed by atoms with van der Waals surface area (Å²) < 4.78 is 11.5. The molecule has 0 fully saturated rings. The summed E-state index contributed by atoms with van der Waals surface area (Å²) in [5.74, 6) is 1.10. The first-order valence-electron chi connectivity index (χ1n) is 10.6. The van der Waals surface area contributed by atoms with E-state index in [0.29, 0.717) is 49.9 Å². The minimum atomic E-state index is -0.412. The van der Waals surface area contributed by atoms with Crippen LogP contribution >= 0.6 is 35.4 Å². The van der Waals surface area contributed by atoms with Crippen LogP contribution < -0.4 is 10.6 Å². The molecule has 0 saturated heterocycles. The third kappa shape index (κ3) is 5.46. The highest BCUT2D eigenvalue weighted by Crippen LogP contribution is 2.31. The Morgan fingerprint density at radius 2 is 1.83 bits per heavy atom. The van der Waals surface area contributed by atoms with E-state index < -0.39 is 5.91 Å². The number of fused-ring (bicyclic) bond motifs is 1. The number of nitrogens with one attached hydrogen (secondary N) is 2. The van der Waals surface area contributed by atoms with Crippen molar-refractivity contribution in [3.05, 3.63) is 94.8 Å². The van der Waals surface area contributed by atoms with Crippen molar-refractivity contribution in [3.63, 3.8) is 0 Å². The molecule has 0 aliphatic carbocycles. The molecule has 0 bridgehead atoms. The fourth-order valence-electron chi connectivity index (χ4n) is 3.34. The van der Waals surface area contributed by atoms with Gasteiger partial charge in [-0.2, -0.15) is 4.98 Å². The molecule has 3 aromatic heterocycles. The molecular formula is C26H16Cl2N4O3S. The van der Waals surface area contributed by atoms with Crippen molar-refractivity contribution >= 4 is 69.4 Å². The van der Waals surface area contributed by atoms with Gasteiger partial charge in [-0.15, -0.1) is 0 Å². The molecule has 5 aromatic rings. The van der Waals surface area contributed by atoms with Crippen LogP contribution in [0.25, 0.3) is 40.1 Å². The van der Waals surface area contributed by atoms with Crippen LogP contribution in [0.2, 0.25) is 10.0 Å². The van der Waals surface area contributed by atoms with Crippen molar-refractivity contribution in [3.8, 4) is 22.8 Å². The highest BCUT2D eigenvalue weighted by molar-refractivity contribution is 7.80. The first-order chi connectivity index (χ1) is 17.4. The predicted molar refractivity (Wildman–Crippen MR) is 145 cm³/mol. The molecule has 0 aliphatic heterocycles. The monoisotopic (exact) mass is 534 g/mol. The van der Waals surface area contributed by atoms with Gasteiger partial charge in [-0.3, -0.25) is 10.1 Å². The number of oxazole rings is 1. The van der Waals surface area contributed by atoms with Gasteiger partial charge in [0.2, 0.25) is 11.8 Å². The Hall–Kier alpha value is -3.98. The van der Waals surface area contributed by atoms with Crippen molar-refractivity contribution in [2.24, 2.45) is 0 Å². The number of rotatable bonds is 5. The van der Waals surface area contributed by atoms with Crippen LogP contribution in [0.15, 0.2) is 87.8 Å². The smallest absolute Gasteiger partial charge is 0.250 e. The lowest BCUT2D eigenvalue weighted by Crippen LogP contribution is -2.32. The molecule has 3 heterocycles. The van der Waals surface area contributed by atoms with E-state index in [4.69, 9.17) is 44.3 Å². The lowest BCUT2D eigenvalue weighted by molar-refractivity contribution is -0.115. The summed E-state index contributed by atoms with van der Waals surface area (Å²) in [6, 6.07) is 19.5. The molecule has 36 heavy (non-hydrogen) atoms. The second-order valence-electron chi connectivity index (χ2n) is 7.52. The molecule has 178 valence electrons. The number of hydrogen-bond acceptors (Lipinski definition) is 6. The van der Waals surface area contributed by atoms with E-state index in [-0.39, 0.29) is 5.11 Å². The van der Waals surface area contributed by atoms with Crippen LogP contribution in [0.5, 0.6) is 0 Å². The van der Waals surface area contributed by atoms with Crippen molar-refractivity contribution in [1.29, 1.82) is 0 Å². The van der Waals surface area contributed by atoms with Crippen LogP contribution in [-0.2, 0) is 4.79 Å². The quantitative estimate of drug-likeness (QED) is 0.185. The van der Waals surface area contributed by atoms with Gasteiger partial charge in [-0.1, -0.05) is 23.2 Å². The SMILES string of the molecule is O=C(/C=C/c1ccc(-c2ccc(Cl)cc2Cl)o1)NC(=S)Nc1ccc(-c2nc3ncccc3o2)cc1. The third-order valence-electron chi connectivity index (χ3n) is 5.01. The molecule has 0 atom stereocenters. The number of amides is 1. The summed E-state index contributed by atoms with van der Waals surface area (Å²) in [5.41, 5.74) is 3.35. The second kappa shape index (κ2) is 10.3. The van der Waals surface area contributed by atoms with Crippen molar-refractivity contribution in [2.45, 2.75) is 0 Å². The Morgan fingerprint density at radius 1 is 1.00 bits per heavy atom. The van der Waals surface area contributed by atoms with Crippen LogP contribution in [0, 0.1) is 0 Å². The number of benzene rings is 2. The number of pyridine rings is 1. The van der Waals surface area contributed by atoms with E-state index in [1.807, 2.05) is 18.2 Å². The van der Waals surface area contributed by atoms with Crippen LogP contribution in [0.1, 0.15) is 5.76 Å². The molecule has 2 N–H and O–H groups in total. The van der Waals surface area contributed by atoms with Gasteiger partial charge >= 0.3 is 0 Å².